The monoisotopic (exact) mass is 420 g/mol. The number of nitrogens with one attached hydrogen (secondary N) is 1. The van der Waals surface area contributed by atoms with E-state index < -0.39 is 29.4 Å². The summed E-state index contributed by atoms with van der Waals surface area (Å²) in [6.45, 7) is 5.90. The number of hydrogen-bond donors (Lipinski definition) is 1. The molecular weight excluding hydrogens is 392 g/mol. The van der Waals surface area contributed by atoms with Crippen molar-refractivity contribution in [2.45, 2.75) is 45.2 Å². The van der Waals surface area contributed by atoms with Crippen molar-refractivity contribution in [1.29, 1.82) is 0 Å². The van der Waals surface area contributed by atoms with E-state index in [9.17, 15) is 14.4 Å². The molecule has 4 rings (SSSR count). The van der Waals surface area contributed by atoms with Gasteiger partial charge in [0, 0.05) is 6.04 Å². The number of hydrogen-bond acceptors (Lipinski definition) is 5. The molecule has 6 nitrogen and oxygen atoms in total. The number of nitrogens with zero attached hydrogens (tertiary/aromatic N) is 1. The average molecular weight is 421 g/mol. The molecule has 6 heteroatoms. The molecule has 0 unspecified atom stereocenters. The molecule has 31 heavy (non-hydrogen) atoms. The Hall–Kier alpha value is -2.99. The molecule has 2 aromatic rings. The number of fused-ring (bicyclic) bond motifs is 1. The number of esters is 1. The molecule has 162 valence electrons. The summed E-state index contributed by atoms with van der Waals surface area (Å²) >= 11 is 0. The molecule has 4 atom stereocenters. The highest BCUT2D eigenvalue weighted by Gasteiger charge is 2.68. The van der Waals surface area contributed by atoms with Gasteiger partial charge in [0.15, 0.2) is 0 Å². The van der Waals surface area contributed by atoms with E-state index in [1.165, 1.54) is 12.0 Å². The second kappa shape index (κ2) is 7.93. The number of amides is 2. The number of rotatable bonds is 5. The van der Waals surface area contributed by atoms with Gasteiger partial charge in [-0.15, -0.1) is 0 Å². The zero-order chi connectivity index (χ0) is 22.3. The van der Waals surface area contributed by atoms with Crippen molar-refractivity contribution in [1.82, 2.24) is 5.32 Å². The molecule has 0 aliphatic carbocycles. The van der Waals surface area contributed by atoms with Gasteiger partial charge in [0.25, 0.3) is 0 Å². The average Bonchev–Trinajstić information content (AvgIpc) is 3.24. The zero-order valence-corrected chi connectivity index (χ0v) is 18.3. The third-order valence-corrected chi connectivity index (χ3v) is 6.58. The lowest BCUT2D eigenvalue weighted by molar-refractivity contribution is -0.152. The van der Waals surface area contributed by atoms with Gasteiger partial charge in [-0.1, -0.05) is 60.9 Å². The van der Waals surface area contributed by atoms with Gasteiger partial charge in [0.1, 0.15) is 5.54 Å². The maximum Gasteiger partial charge on any atom is 0.326 e. The number of imide groups is 1. The first-order chi connectivity index (χ1) is 14.8. The van der Waals surface area contributed by atoms with Crippen molar-refractivity contribution in [3.63, 3.8) is 0 Å². The van der Waals surface area contributed by atoms with E-state index in [4.69, 9.17) is 4.74 Å². The number of benzene rings is 2. The quantitative estimate of drug-likeness (QED) is 0.592. The van der Waals surface area contributed by atoms with E-state index in [2.05, 4.69) is 5.32 Å². The van der Waals surface area contributed by atoms with Crippen LogP contribution in [0.5, 0.6) is 0 Å². The minimum absolute atomic E-state index is 0.279. The summed E-state index contributed by atoms with van der Waals surface area (Å²) in [6, 6.07) is 14.7. The summed E-state index contributed by atoms with van der Waals surface area (Å²) in [7, 11) is 1.33. The van der Waals surface area contributed by atoms with Crippen molar-refractivity contribution in [2.75, 3.05) is 12.0 Å². The largest absolute Gasteiger partial charge is 0.468 e. The van der Waals surface area contributed by atoms with Gasteiger partial charge in [-0.25, -0.2) is 4.90 Å². The van der Waals surface area contributed by atoms with E-state index >= 15 is 0 Å². The van der Waals surface area contributed by atoms with Crippen LogP contribution in [0, 0.1) is 25.7 Å². The van der Waals surface area contributed by atoms with Crippen LogP contribution in [0.3, 0.4) is 0 Å². The highest BCUT2D eigenvalue weighted by atomic mass is 16.5. The van der Waals surface area contributed by atoms with E-state index in [0.717, 1.165) is 16.7 Å². The molecule has 2 fully saturated rings. The van der Waals surface area contributed by atoms with Gasteiger partial charge in [0.05, 0.1) is 24.6 Å². The van der Waals surface area contributed by atoms with Crippen molar-refractivity contribution >= 4 is 23.5 Å². The predicted molar refractivity (Wildman–Crippen MR) is 117 cm³/mol. The molecule has 1 N–H and O–H groups in total. The Labute approximate surface area is 182 Å². The summed E-state index contributed by atoms with van der Waals surface area (Å²) in [4.78, 5) is 41.7. The molecule has 2 aliphatic heterocycles. The van der Waals surface area contributed by atoms with E-state index in [1.807, 2.05) is 57.2 Å². The van der Waals surface area contributed by atoms with Crippen molar-refractivity contribution in [3.05, 3.63) is 65.2 Å². The number of methoxy groups -OCH3 is 1. The topological polar surface area (TPSA) is 75.7 Å². The second-order valence-electron chi connectivity index (χ2n) is 8.60. The van der Waals surface area contributed by atoms with Gasteiger partial charge in [-0.3, -0.25) is 19.7 Å². The Morgan fingerprint density at radius 2 is 1.58 bits per heavy atom. The Morgan fingerprint density at radius 3 is 2.13 bits per heavy atom. The van der Waals surface area contributed by atoms with Gasteiger partial charge < -0.3 is 4.74 Å². The Bertz CT molecular complexity index is 1010. The summed E-state index contributed by atoms with van der Waals surface area (Å²) in [5.74, 6) is -2.62. The first-order valence-electron chi connectivity index (χ1n) is 10.7. The number of carbonyl (C=O) groups is 3. The smallest absolute Gasteiger partial charge is 0.326 e. The molecule has 0 bridgehead atoms. The Balaban J connectivity index is 1.85. The fourth-order valence-corrected chi connectivity index (χ4v) is 5.11. The summed E-state index contributed by atoms with van der Waals surface area (Å²) in [6.07, 6.45) is 1.07. The first kappa shape index (κ1) is 21.2. The number of anilines is 1. The van der Waals surface area contributed by atoms with Crippen LogP contribution in [0.25, 0.3) is 0 Å². The van der Waals surface area contributed by atoms with E-state index in [0.29, 0.717) is 18.5 Å². The number of aryl methyl sites for hydroxylation is 2. The molecule has 2 amide bonds. The maximum atomic E-state index is 13.7. The van der Waals surface area contributed by atoms with E-state index in [-0.39, 0.29) is 11.8 Å². The van der Waals surface area contributed by atoms with Gasteiger partial charge in [-0.2, -0.15) is 0 Å². The predicted octanol–water partition coefficient (Wildman–Crippen LogP) is 3.47. The fraction of sp³-hybridized carbons (Fsp3) is 0.400. The summed E-state index contributed by atoms with van der Waals surface area (Å²) in [5, 5.41) is 3.39. The molecule has 0 radical (unpaired) electrons. The third kappa shape index (κ3) is 3.26. The molecule has 2 aromatic carbocycles. The van der Waals surface area contributed by atoms with Crippen LogP contribution < -0.4 is 10.2 Å². The number of carbonyl (C=O) groups excluding carboxylic acids is 3. The lowest BCUT2D eigenvalue weighted by Gasteiger charge is -2.32. The third-order valence-electron chi connectivity index (χ3n) is 6.58. The van der Waals surface area contributed by atoms with E-state index in [1.54, 1.807) is 12.1 Å². The minimum atomic E-state index is -1.24. The number of ether oxygens (including phenoxy) is 1. The Kier molecular flexibility index (Phi) is 5.43. The molecule has 2 heterocycles. The van der Waals surface area contributed by atoms with Gasteiger partial charge in [0.2, 0.25) is 11.8 Å². The van der Waals surface area contributed by atoms with Crippen molar-refractivity contribution < 1.29 is 19.1 Å². The standard InChI is InChI=1S/C25H28N2O4/c1-5-14-25(24(30)31-4)20-19(21(26-25)17-10-6-15(2)7-11-17)22(28)27(23(20)29)18-12-8-16(3)9-13-18/h6-13,19-21,26H,5,14H2,1-4H3/t19-,20-,21-,25-/m0/s1. The maximum absolute atomic E-state index is 13.7. The van der Waals surface area contributed by atoms with Crippen LogP contribution in [0.2, 0.25) is 0 Å². The van der Waals surface area contributed by atoms with Gasteiger partial charge in [-0.05, 0) is 38.0 Å². The van der Waals surface area contributed by atoms with Gasteiger partial charge >= 0.3 is 5.97 Å². The molecule has 2 saturated heterocycles. The molecular formula is C25H28N2O4. The van der Waals surface area contributed by atoms with Crippen LogP contribution in [0.1, 0.15) is 42.5 Å². The minimum Gasteiger partial charge on any atom is -0.468 e. The molecule has 0 saturated carbocycles. The van der Waals surface area contributed by atoms with Crippen LogP contribution in [-0.4, -0.2) is 30.4 Å². The normalized spacial score (nSPS) is 27.5. The Morgan fingerprint density at radius 1 is 1.00 bits per heavy atom. The van der Waals surface area contributed by atoms with Crippen molar-refractivity contribution in [2.24, 2.45) is 11.8 Å². The highest BCUT2D eigenvalue weighted by molar-refractivity contribution is 6.24. The first-order valence-corrected chi connectivity index (χ1v) is 10.7. The second-order valence-corrected chi connectivity index (χ2v) is 8.60. The highest BCUT2D eigenvalue weighted by Crippen LogP contribution is 2.51. The lowest BCUT2D eigenvalue weighted by Crippen LogP contribution is -2.56. The summed E-state index contributed by atoms with van der Waals surface area (Å²) < 4.78 is 5.16. The van der Waals surface area contributed by atoms with Crippen LogP contribution >= 0.6 is 0 Å². The molecule has 0 aromatic heterocycles. The lowest BCUT2D eigenvalue weighted by atomic mass is 9.77. The fourth-order valence-electron chi connectivity index (χ4n) is 5.11. The SMILES string of the molecule is CCC[C@]1(C(=O)OC)N[C@@H](c2ccc(C)cc2)[C@H]2C(=O)N(c3ccc(C)cc3)C(=O)[C@H]21. The van der Waals surface area contributed by atoms with Crippen molar-refractivity contribution in [3.8, 4) is 0 Å². The zero-order valence-electron chi connectivity index (χ0n) is 18.3. The van der Waals surface area contributed by atoms with Crippen LogP contribution in [-0.2, 0) is 19.1 Å². The van der Waals surface area contributed by atoms with Crippen LogP contribution in [0.4, 0.5) is 5.69 Å². The molecule has 0 spiro atoms. The molecule has 2 aliphatic rings. The van der Waals surface area contributed by atoms with Crippen LogP contribution in [0.15, 0.2) is 48.5 Å². The summed E-state index contributed by atoms with van der Waals surface area (Å²) in [5.41, 5.74) is 2.32.